The number of fused-ring (bicyclic) bond motifs is 1. The normalized spacial score (nSPS) is 11.1. The van der Waals surface area contributed by atoms with Gasteiger partial charge in [0.15, 0.2) is 5.16 Å². The smallest absolute Gasteiger partial charge is 0.196 e. The maximum absolute atomic E-state index is 4.59. The lowest BCUT2D eigenvalue weighted by molar-refractivity contribution is 0.847. The second-order valence-corrected chi connectivity index (χ2v) is 8.61. The van der Waals surface area contributed by atoms with E-state index in [0.717, 1.165) is 28.8 Å². The summed E-state index contributed by atoms with van der Waals surface area (Å²) in [5.74, 6) is 1.80. The first-order chi connectivity index (χ1) is 15.3. The summed E-state index contributed by atoms with van der Waals surface area (Å²) in [5.41, 5.74) is 4.87. The van der Waals surface area contributed by atoms with Crippen molar-refractivity contribution >= 4 is 22.5 Å². The van der Waals surface area contributed by atoms with Crippen molar-refractivity contribution in [3.05, 3.63) is 120 Å². The van der Waals surface area contributed by atoms with Crippen LogP contribution >= 0.6 is 11.8 Å². The highest BCUT2D eigenvalue weighted by molar-refractivity contribution is 7.98. The number of hydrogen-bond donors (Lipinski definition) is 0. The monoisotopic (exact) mass is 421 g/mol. The van der Waals surface area contributed by atoms with E-state index in [-0.39, 0.29) is 0 Å². The van der Waals surface area contributed by atoms with Gasteiger partial charge in [-0.25, -0.2) is 0 Å². The van der Waals surface area contributed by atoms with E-state index in [1.54, 1.807) is 11.8 Å². The van der Waals surface area contributed by atoms with Gasteiger partial charge in [-0.05, 0) is 46.5 Å². The minimum Gasteiger partial charge on any atom is -0.274 e. The van der Waals surface area contributed by atoms with Crippen LogP contribution in [0, 0.1) is 6.92 Å². The van der Waals surface area contributed by atoms with E-state index in [1.165, 1.54) is 27.5 Å². The SMILES string of the molecule is Cc1cccc(-n2c(Cc3ccccc3)nnc2SCc2cccc3ccccc23)c1. The molecule has 0 spiro atoms. The highest BCUT2D eigenvalue weighted by Crippen LogP contribution is 2.29. The minimum absolute atomic E-state index is 0.747. The van der Waals surface area contributed by atoms with Gasteiger partial charge in [0, 0.05) is 17.9 Å². The molecule has 0 saturated heterocycles. The first-order valence-electron chi connectivity index (χ1n) is 10.4. The molecule has 3 nitrogen and oxygen atoms in total. The van der Waals surface area contributed by atoms with E-state index in [0.29, 0.717) is 0 Å². The summed E-state index contributed by atoms with van der Waals surface area (Å²) in [7, 11) is 0. The van der Waals surface area contributed by atoms with Crippen molar-refractivity contribution < 1.29 is 0 Å². The van der Waals surface area contributed by atoms with Crippen molar-refractivity contribution in [1.29, 1.82) is 0 Å². The van der Waals surface area contributed by atoms with Crippen molar-refractivity contribution in [3.8, 4) is 5.69 Å². The Balaban J connectivity index is 1.50. The highest BCUT2D eigenvalue weighted by atomic mass is 32.2. The molecule has 31 heavy (non-hydrogen) atoms. The molecule has 0 aliphatic heterocycles. The van der Waals surface area contributed by atoms with E-state index < -0.39 is 0 Å². The van der Waals surface area contributed by atoms with E-state index in [1.807, 2.05) is 6.07 Å². The summed E-state index contributed by atoms with van der Waals surface area (Å²) >= 11 is 1.74. The van der Waals surface area contributed by atoms with Gasteiger partial charge in [-0.2, -0.15) is 0 Å². The zero-order valence-electron chi connectivity index (χ0n) is 17.4. The molecule has 0 bridgehead atoms. The highest BCUT2D eigenvalue weighted by Gasteiger charge is 2.16. The van der Waals surface area contributed by atoms with Crippen LogP contribution in [0.4, 0.5) is 0 Å². The maximum Gasteiger partial charge on any atom is 0.196 e. The Bertz CT molecular complexity index is 1320. The largest absolute Gasteiger partial charge is 0.274 e. The Labute approximate surface area is 186 Å². The summed E-state index contributed by atoms with van der Waals surface area (Å²) in [6.07, 6.45) is 0.747. The molecule has 4 aromatic carbocycles. The van der Waals surface area contributed by atoms with Crippen LogP contribution in [0.25, 0.3) is 16.5 Å². The van der Waals surface area contributed by atoms with Gasteiger partial charge in [0.05, 0.1) is 0 Å². The Morgan fingerprint density at radius 2 is 1.55 bits per heavy atom. The molecule has 0 aliphatic carbocycles. The number of aromatic nitrogens is 3. The summed E-state index contributed by atoms with van der Waals surface area (Å²) in [6.45, 7) is 2.12. The van der Waals surface area contributed by atoms with Gasteiger partial charge in [-0.15, -0.1) is 10.2 Å². The fraction of sp³-hybridized carbons (Fsp3) is 0.111. The van der Waals surface area contributed by atoms with Gasteiger partial charge < -0.3 is 0 Å². The van der Waals surface area contributed by atoms with Crippen molar-refractivity contribution in [2.24, 2.45) is 0 Å². The first kappa shape index (κ1) is 19.6. The standard InChI is InChI=1S/C27H23N3S/c1-20-9-7-15-24(17-20)30-26(18-21-10-3-2-4-11-21)28-29-27(30)31-19-23-14-8-13-22-12-5-6-16-25(22)23/h2-17H,18-19H2,1H3. The lowest BCUT2D eigenvalue weighted by Gasteiger charge is -2.12. The molecule has 0 amide bonds. The zero-order valence-corrected chi connectivity index (χ0v) is 18.2. The van der Waals surface area contributed by atoms with Gasteiger partial charge >= 0.3 is 0 Å². The predicted octanol–water partition coefficient (Wildman–Crippen LogP) is 6.61. The molecular weight excluding hydrogens is 398 g/mol. The van der Waals surface area contributed by atoms with Crippen LogP contribution in [0.2, 0.25) is 0 Å². The van der Waals surface area contributed by atoms with Gasteiger partial charge in [0.25, 0.3) is 0 Å². The lowest BCUT2D eigenvalue weighted by Crippen LogP contribution is -2.04. The molecule has 0 atom stereocenters. The maximum atomic E-state index is 4.59. The Kier molecular flexibility index (Phi) is 5.55. The van der Waals surface area contributed by atoms with Crippen LogP contribution in [0.15, 0.2) is 102 Å². The Morgan fingerprint density at radius 1 is 0.774 bits per heavy atom. The van der Waals surface area contributed by atoms with E-state index >= 15 is 0 Å². The van der Waals surface area contributed by atoms with Crippen LogP contribution in [0.1, 0.15) is 22.5 Å². The van der Waals surface area contributed by atoms with Crippen LogP contribution in [-0.2, 0) is 12.2 Å². The van der Waals surface area contributed by atoms with Gasteiger partial charge in [-0.1, -0.05) is 96.7 Å². The molecule has 0 N–H and O–H groups in total. The van der Waals surface area contributed by atoms with Crippen molar-refractivity contribution in [2.75, 3.05) is 0 Å². The number of nitrogens with zero attached hydrogens (tertiary/aromatic N) is 3. The van der Waals surface area contributed by atoms with Crippen molar-refractivity contribution in [1.82, 2.24) is 14.8 Å². The molecular formula is C27H23N3S. The second kappa shape index (κ2) is 8.78. The third-order valence-corrected chi connectivity index (χ3v) is 6.38. The predicted molar refractivity (Wildman–Crippen MR) is 129 cm³/mol. The average molecular weight is 422 g/mol. The quantitative estimate of drug-likeness (QED) is 0.289. The zero-order chi connectivity index (χ0) is 21.0. The van der Waals surface area contributed by atoms with Crippen molar-refractivity contribution in [2.45, 2.75) is 24.3 Å². The molecule has 0 fully saturated rings. The lowest BCUT2D eigenvalue weighted by atomic mass is 10.1. The summed E-state index contributed by atoms with van der Waals surface area (Å²) in [4.78, 5) is 0. The van der Waals surface area contributed by atoms with Crippen LogP contribution in [-0.4, -0.2) is 14.8 Å². The Hall–Kier alpha value is -3.37. The first-order valence-corrected chi connectivity index (χ1v) is 11.4. The van der Waals surface area contributed by atoms with Crippen LogP contribution in [0.3, 0.4) is 0 Å². The van der Waals surface area contributed by atoms with Gasteiger partial charge in [0.1, 0.15) is 5.82 Å². The van der Waals surface area contributed by atoms with Crippen LogP contribution in [0.5, 0.6) is 0 Å². The molecule has 4 heteroatoms. The molecule has 1 heterocycles. The van der Waals surface area contributed by atoms with Gasteiger partial charge in [0.2, 0.25) is 0 Å². The molecule has 0 radical (unpaired) electrons. The summed E-state index contributed by atoms with van der Waals surface area (Å²) in [6, 6.07) is 34.0. The minimum atomic E-state index is 0.747. The number of benzene rings is 4. The fourth-order valence-corrected chi connectivity index (χ4v) is 4.85. The van der Waals surface area contributed by atoms with Crippen LogP contribution < -0.4 is 0 Å². The van der Waals surface area contributed by atoms with E-state index in [9.17, 15) is 0 Å². The van der Waals surface area contributed by atoms with Gasteiger partial charge in [-0.3, -0.25) is 4.57 Å². The van der Waals surface area contributed by atoms with E-state index in [4.69, 9.17) is 0 Å². The summed E-state index contributed by atoms with van der Waals surface area (Å²) < 4.78 is 2.20. The number of hydrogen-bond acceptors (Lipinski definition) is 3. The topological polar surface area (TPSA) is 30.7 Å². The molecule has 5 rings (SSSR count). The number of aryl methyl sites for hydroxylation is 1. The molecule has 1 aromatic heterocycles. The molecule has 0 aliphatic rings. The molecule has 152 valence electrons. The number of rotatable bonds is 6. The Morgan fingerprint density at radius 3 is 2.42 bits per heavy atom. The van der Waals surface area contributed by atoms with E-state index in [2.05, 4.69) is 113 Å². The van der Waals surface area contributed by atoms with Crippen molar-refractivity contribution in [3.63, 3.8) is 0 Å². The fourth-order valence-electron chi connectivity index (χ4n) is 3.87. The number of thioether (sulfide) groups is 1. The third kappa shape index (κ3) is 4.25. The molecule has 0 saturated carbocycles. The molecule has 5 aromatic rings. The second-order valence-electron chi connectivity index (χ2n) is 7.66. The third-order valence-electron chi connectivity index (χ3n) is 5.40. The summed E-state index contributed by atoms with van der Waals surface area (Å²) in [5, 5.41) is 12.7. The average Bonchev–Trinajstić information content (AvgIpc) is 3.20. The molecule has 0 unspecified atom stereocenters.